The van der Waals surface area contributed by atoms with Gasteiger partial charge in [-0.2, -0.15) is 0 Å². The highest BCUT2D eigenvalue weighted by atomic mass is 16.3. The predicted molar refractivity (Wildman–Crippen MR) is 69.8 cm³/mol. The normalized spacial score (nSPS) is 12.6. The Morgan fingerprint density at radius 3 is 2.47 bits per heavy atom. The van der Waals surface area contributed by atoms with E-state index in [9.17, 15) is 0 Å². The third kappa shape index (κ3) is 3.21. The van der Waals surface area contributed by atoms with Crippen LogP contribution in [0.2, 0.25) is 0 Å². The second kappa shape index (κ2) is 5.69. The molecule has 0 aliphatic rings. The second-order valence-electron chi connectivity index (χ2n) is 4.33. The van der Waals surface area contributed by atoms with Crippen LogP contribution in [0.5, 0.6) is 0 Å². The number of rotatable bonds is 5. The number of benzene rings is 1. The van der Waals surface area contributed by atoms with Gasteiger partial charge in [-0.3, -0.25) is 0 Å². The Labute approximate surface area is 103 Å². The van der Waals surface area contributed by atoms with Gasteiger partial charge in [0.25, 0.3) is 0 Å². The molecule has 1 aromatic carbocycles. The van der Waals surface area contributed by atoms with Crippen molar-refractivity contribution in [2.45, 2.75) is 32.9 Å². The van der Waals surface area contributed by atoms with Crippen LogP contribution in [-0.4, -0.2) is 0 Å². The Morgan fingerprint density at radius 2 is 1.88 bits per heavy atom. The summed E-state index contributed by atoms with van der Waals surface area (Å²) in [6.07, 6.45) is 4.58. The lowest BCUT2D eigenvalue weighted by Gasteiger charge is -2.14. The molecule has 0 bridgehead atoms. The summed E-state index contributed by atoms with van der Waals surface area (Å²) in [5, 5.41) is 3.48. The summed E-state index contributed by atoms with van der Waals surface area (Å²) in [6.45, 7) is 5.20. The van der Waals surface area contributed by atoms with Crippen molar-refractivity contribution in [1.29, 1.82) is 0 Å². The van der Waals surface area contributed by atoms with E-state index in [0.717, 1.165) is 13.0 Å². The highest BCUT2D eigenvalue weighted by molar-refractivity contribution is 5.24. The minimum absolute atomic E-state index is 0.357. The van der Waals surface area contributed by atoms with Gasteiger partial charge in [0.2, 0.25) is 0 Å². The summed E-state index contributed by atoms with van der Waals surface area (Å²) in [6, 6.07) is 11.1. The smallest absolute Gasteiger partial charge is 0.0947 e. The zero-order chi connectivity index (χ0) is 12.1. The molecule has 0 saturated heterocycles. The molecule has 2 heteroatoms. The maximum absolute atomic E-state index is 5.04. The van der Waals surface area contributed by atoms with Gasteiger partial charge in [-0.15, -0.1) is 0 Å². The van der Waals surface area contributed by atoms with Crippen LogP contribution >= 0.6 is 0 Å². The summed E-state index contributed by atoms with van der Waals surface area (Å²) in [5.41, 5.74) is 3.89. The van der Waals surface area contributed by atoms with Crippen molar-refractivity contribution in [2.75, 3.05) is 0 Å². The lowest BCUT2D eigenvalue weighted by Crippen LogP contribution is -2.17. The lowest BCUT2D eigenvalue weighted by atomic mass is 10.0. The molecule has 0 fully saturated rings. The predicted octanol–water partition coefficient (Wildman–Crippen LogP) is 3.69. The van der Waals surface area contributed by atoms with Crippen molar-refractivity contribution in [3.63, 3.8) is 0 Å². The van der Waals surface area contributed by atoms with Crippen molar-refractivity contribution in [2.24, 2.45) is 0 Å². The summed E-state index contributed by atoms with van der Waals surface area (Å²) in [4.78, 5) is 0. The van der Waals surface area contributed by atoms with Crippen molar-refractivity contribution in [1.82, 2.24) is 5.32 Å². The third-order valence-electron chi connectivity index (χ3n) is 3.08. The quantitative estimate of drug-likeness (QED) is 0.845. The van der Waals surface area contributed by atoms with Gasteiger partial charge in [0.15, 0.2) is 0 Å². The highest BCUT2D eigenvalue weighted by Crippen LogP contribution is 2.14. The molecule has 0 saturated carbocycles. The standard InChI is InChI=1S/C15H19NO/c1-3-13-4-6-15(7-5-13)12(2)16-10-14-8-9-17-11-14/h4-9,11-12,16H,3,10H2,1-2H3. The van der Waals surface area contributed by atoms with Gasteiger partial charge < -0.3 is 9.73 Å². The lowest BCUT2D eigenvalue weighted by molar-refractivity contribution is 0.546. The van der Waals surface area contributed by atoms with Gasteiger partial charge in [-0.1, -0.05) is 31.2 Å². The van der Waals surface area contributed by atoms with E-state index >= 15 is 0 Å². The first kappa shape index (κ1) is 11.9. The van der Waals surface area contributed by atoms with E-state index in [1.165, 1.54) is 16.7 Å². The van der Waals surface area contributed by atoms with E-state index in [1.807, 2.05) is 6.07 Å². The van der Waals surface area contributed by atoms with E-state index in [1.54, 1.807) is 12.5 Å². The molecular weight excluding hydrogens is 210 g/mol. The van der Waals surface area contributed by atoms with Gasteiger partial charge >= 0.3 is 0 Å². The monoisotopic (exact) mass is 229 g/mol. The molecule has 1 heterocycles. The van der Waals surface area contributed by atoms with Crippen molar-refractivity contribution in [3.8, 4) is 0 Å². The topological polar surface area (TPSA) is 25.2 Å². The minimum atomic E-state index is 0.357. The van der Waals surface area contributed by atoms with E-state index in [4.69, 9.17) is 4.42 Å². The van der Waals surface area contributed by atoms with Crippen LogP contribution in [0.1, 0.15) is 36.6 Å². The number of hydrogen-bond acceptors (Lipinski definition) is 2. The molecule has 0 aliphatic carbocycles. The largest absolute Gasteiger partial charge is 0.472 e. The Hall–Kier alpha value is -1.54. The maximum Gasteiger partial charge on any atom is 0.0947 e. The van der Waals surface area contributed by atoms with Crippen LogP contribution in [0, 0.1) is 0 Å². The minimum Gasteiger partial charge on any atom is -0.472 e. The molecule has 2 aromatic rings. The number of hydrogen-bond donors (Lipinski definition) is 1. The van der Waals surface area contributed by atoms with Crippen molar-refractivity contribution in [3.05, 3.63) is 59.5 Å². The molecule has 0 radical (unpaired) electrons. The molecule has 0 aliphatic heterocycles. The average Bonchev–Trinajstić information content (AvgIpc) is 2.89. The molecule has 1 N–H and O–H groups in total. The van der Waals surface area contributed by atoms with E-state index < -0.39 is 0 Å². The van der Waals surface area contributed by atoms with Crippen LogP contribution in [-0.2, 0) is 13.0 Å². The summed E-state index contributed by atoms with van der Waals surface area (Å²) >= 11 is 0. The Bertz CT molecular complexity index is 430. The van der Waals surface area contributed by atoms with Gasteiger partial charge in [0, 0.05) is 18.2 Å². The van der Waals surface area contributed by atoms with Crippen LogP contribution in [0.25, 0.3) is 0 Å². The van der Waals surface area contributed by atoms with E-state index in [2.05, 4.69) is 43.4 Å². The molecule has 17 heavy (non-hydrogen) atoms. The molecule has 2 rings (SSSR count). The van der Waals surface area contributed by atoms with Crippen LogP contribution in [0.4, 0.5) is 0 Å². The van der Waals surface area contributed by atoms with Crippen molar-refractivity contribution >= 4 is 0 Å². The summed E-state index contributed by atoms with van der Waals surface area (Å²) in [5.74, 6) is 0. The first-order valence-corrected chi connectivity index (χ1v) is 6.13. The molecule has 90 valence electrons. The molecule has 1 unspecified atom stereocenters. The average molecular weight is 229 g/mol. The SMILES string of the molecule is CCc1ccc(C(C)NCc2ccoc2)cc1. The summed E-state index contributed by atoms with van der Waals surface area (Å²) < 4.78 is 5.04. The van der Waals surface area contributed by atoms with Crippen LogP contribution in [0.15, 0.2) is 47.3 Å². The first-order chi connectivity index (χ1) is 8.29. The molecule has 0 spiro atoms. The van der Waals surface area contributed by atoms with Gasteiger partial charge in [0.1, 0.15) is 0 Å². The molecule has 2 nitrogen and oxygen atoms in total. The number of aryl methyl sites for hydroxylation is 1. The van der Waals surface area contributed by atoms with Crippen LogP contribution < -0.4 is 5.32 Å². The second-order valence-corrected chi connectivity index (χ2v) is 4.33. The first-order valence-electron chi connectivity index (χ1n) is 6.13. The van der Waals surface area contributed by atoms with Crippen molar-refractivity contribution < 1.29 is 4.42 Å². The Morgan fingerprint density at radius 1 is 1.12 bits per heavy atom. The zero-order valence-corrected chi connectivity index (χ0v) is 10.4. The van der Waals surface area contributed by atoms with E-state index in [-0.39, 0.29) is 0 Å². The maximum atomic E-state index is 5.04. The Kier molecular flexibility index (Phi) is 3.99. The molecular formula is C15H19NO. The molecule has 1 atom stereocenters. The third-order valence-corrected chi connectivity index (χ3v) is 3.08. The molecule has 1 aromatic heterocycles. The fourth-order valence-corrected chi connectivity index (χ4v) is 1.82. The Balaban J connectivity index is 1.92. The molecule has 0 amide bonds. The highest BCUT2D eigenvalue weighted by Gasteiger charge is 2.04. The number of nitrogens with one attached hydrogen (secondary N) is 1. The van der Waals surface area contributed by atoms with Crippen LogP contribution in [0.3, 0.4) is 0 Å². The fraction of sp³-hybridized carbons (Fsp3) is 0.333. The summed E-state index contributed by atoms with van der Waals surface area (Å²) in [7, 11) is 0. The van der Waals surface area contributed by atoms with Gasteiger partial charge in [-0.25, -0.2) is 0 Å². The zero-order valence-electron chi connectivity index (χ0n) is 10.4. The van der Waals surface area contributed by atoms with Gasteiger partial charge in [-0.05, 0) is 30.5 Å². The van der Waals surface area contributed by atoms with Gasteiger partial charge in [0.05, 0.1) is 12.5 Å². The fourth-order valence-electron chi connectivity index (χ4n) is 1.82. The number of furan rings is 1. The van der Waals surface area contributed by atoms with E-state index in [0.29, 0.717) is 6.04 Å².